The van der Waals surface area contributed by atoms with Crippen LogP contribution in [0.4, 0.5) is 4.39 Å². The Kier molecular flexibility index (Phi) is 2.90. The molecule has 0 aromatic heterocycles. The monoisotopic (exact) mass is 273 g/mol. The Morgan fingerprint density at radius 3 is 2.42 bits per heavy atom. The van der Waals surface area contributed by atoms with Crippen LogP contribution in [0.5, 0.6) is 0 Å². The van der Waals surface area contributed by atoms with E-state index in [1.54, 1.807) is 12.1 Å². The fourth-order valence-electron chi connectivity index (χ4n) is 2.48. The molecule has 0 spiro atoms. The molecular formula is C16H11ClFO. The first-order valence-electron chi connectivity index (χ1n) is 6.01. The van der Waals surface area contributed by atoms with Crippen molar-refractivity contribution in [3.8, 4) is 0 Å². The average Bonchev–Trinajstić information content (AvgIpc) is 3.16. The molecule has 1 unspecified atom stereocenters. The van der Waals surface area contributed by atoms with Crippen molar-refractivity contribution in [2.45, 2.75) is 11.8 Å². The van der Waals surface area contributed by atoms with Gasteiger partial charge in [0.05, 0.1) is 5.41 Å². The normalized spacial score (nSPS) is 22.2. The summed E-state index contributed by atoms with van der Waals surface area (Å²) in [6.45, 7) is 0. The molecule has 1 aliphatic carbocycles. The van der Waals surface area contributed by atoms with Gasteiger partial charge in [-0.25, -0.2) is 4.39 Å². The molecule has 0 heterocycles. The van der Waals surface area contributed by atoms with E-state index in [0.29, 0.717) is 11.4 Å². The number of benzene rings is 2. The summed E-state index contributed by atoms with van der Waals surface area (Å²) in [6, 6.07) is 13.5. The number of carbonyl (C=O) groups is 1. The molecule has 19 heavy (non-hydrogen) atoms. The molecule has 3 rings (SSSR count). The lowest BCUT2D eigenvalue weighted by Crippen LogP contribution is -2.11. The standard InChI is InChI=1S/C16H11ClFO/c17-15-4-2-1-3-13(15)14-9-16(14,10-19)11-5-7-12(18)8-6-11/h1-8,10H,9H2. The molecule has 0 aliphatic heterocycles. The summed E-state index contributed by atoms with van der Waals surface area (Å²) in [5.41, 5.74) is 1.10. The van der Waals surface area contributed by atoms with Gasteiger partial charge in [0.15, 0.2) is 0 Å². The van der Waals surface area contributed by atoms with Crippen LogP contribution in [0.25, 0.3) is 0 Å². The second-order valence-electron chi connectivity index (χ2n) is 4.73. The van der Waals surface area contributed by atoms with Crippen molar-refractivity contribution in [3.05, 3.63) is 76.4 Å². The van der Waals surface area contributed by atoms with Gasteiger partial charge >= 0.3 is 0 Å². The van der Waals surface area contributed by atoms with Crippen molar-refractivity contribution in [2.75, 3.05) is 0 Å². The Labute approximate surface area is 116 Å². The van der Waals surface area contributed by atoms with Crippen molar-refractivity contribution >= 4 is 17.9 Å². The van der Waals surface area contributed by atoms with Crippen molar-refractivity contribution in [1.29, 1.82) is 0 Å². The highest BCUT2D eigenvalue weighted by molar-refractivity contribution is 6.31. The number of rotatable bonds is 3. The third-order valence-electron chi connectivity index (χ3n) is 3.63. The highest BCUT2D eigenvalue weighted by atomic mass is 35.5. The van der Waals surface area contributed by atoms with Gasteiger partial charge in [-0.1, -0.05) is 41.9 Å². The minimum absolute atomic E-state index is 0.301. The van der Waals surface area contributed by atoms with Crippen molar-refractivity contribution in [3.63, 3.8) is 0 Å². The molecule has 0 saturated heterocycles. The van der Waals surface area contributed by atoms with Crippen LogP contribution in [0, 0.1) is 11.7 Å². The van der Waals surface area contributed by atoms with E-state index in [9.17, 15) is 9.18 Å². The molecule has 95 valence electrons. The number of halogens is 2. The summed E-state index contributed by atoms with van der Waals surface area (Å²) in [5.74, 6) is 0.699. The molecule has 1 fully saturated rings. The van der Waals surface area contributed by atoms with Crippen molar-refractivity contribution < 1.29 is 9.18 Å². The molecule has 2 aromatic rings. The first-order chi connectivity index (χ1) is 9.17. The van der Waals surface area contributed by atoms with E-state index >= 15 is 0 Å². The molecule has 0 N–H and O–H groups in total. The average molecular weight is 274 g/mol. The van der Waals surface area contributed by atoms with Gasteiger partial charge in [0, 0.05) is 10.9 Å². The zero-order chi connectivity index (χ0) is 13.5. The van der Waals surface area contributed by atoms with Crippen LogP contribution >= 0.6 is 11.6 Å². The first-order valence-corrected chi connectivity index (χ1v) is 6.39. The van der Waals surface area contributed by atoms with Gasteiger partial charge < -0.3 is 4.79 Å². The summed E-state index contributed by atoms with van der Waals surface area (Å²) in [7, 11) is 0. The maximum atomic E-state index is 13.0. The SMILES string of the molecule is O=CC1(c2ccc(F)cc2)C[C]1c1ccccc1Cl. The van der Waals surface area contributed by atoms with Crippen LogP contribution < -0.4 is 0 Å². The Morgan fingerprint density at radius 2 is 1.79 bits per heavy atom. The maximum absolute atomic E-state index is 13.0. The van der Waals surface area contributed by atoms with E-state index in [4.69, 9.17) is 11.6 Å². The minimum Gasteiger partial charge on any atom is -0.302 e. The second-order valence-corrected chi connectivity index (χ2v) is 5.14. The summed E-state index contributed by atoms with van der Waals surface area (Å²) < 4.78 is 13.0. The molecule has 1 radical (unpaired) electrons. The van der Waals surface area contributed by atoms with E-state index in [1.807, 2.05) is 24.3 Å². The fraction of sp³-hybridized carbons (Fsp3) is 0.125. The number of carbonyl (C=O) groups excluding carboxylic acids is 1. The van der Waals surface area contributed by atoms with E-state index < -0.39 is 5.41 Å². The minimum atomic E-state index is -0.626. The smallest absolute Gasteiger partial charge is 0.131 e. The van der Waals surface area contributed by atoms with Crippen molar-refractivity contribution in [1.82, 2.24) is 0 Å². The van der Waals surface area contributed by atoms with Crippen molar-refractivity contribution in [2.24, 2.45) is 0 Å². The van der Waals surface area contributed by atoms with Crippen LogP contribution in [-0.4, -0.2) is 6.29 Å². The van der Waals surface area contributed by atoms with Crippen LogP contribution in [0.1, 0.15) is 17.5 Å². The van der Waals surface area contributed by atoms with Crippen LogP contribution in [0.2, 0.25) is 5.02 Å². The van der Waals surface area contributed by atoms with Gasteiger partial charge in [-0.3, -0.25) is 0 Å². The highest BCUT2D eigenvalue weighted by Crippen LogP contribution is 2.59. The zero-order valence-corrected chi connectivity index (χ0v) is 10.8. The molecule has 3 heteroatoms. The molecular weight excluding hydrogens is 263 g/mol. The molecule has 1 atom stereocenters. The summed E-state index contributed by atoms with van der Waals surface area (Å²) >= 11 is 6.16. The highest BCUT2D eigenvalue weighted by Gasteiger charge is 2.57. The number of hydrogen-bond acceptors (Lipinski definition) is 1. The van der Waals surface area contributed by atoms with Gasteiger partial charge in [-0.2, -0.15) is 0 Å². The third kappa shape index (κ3) is 1.96. The van der Waals surface area contributed by atoms with Crippen LogP contribution in [0.3, 0.4) is 0 Å². The Bertz CT molecular complexity index is 623. The lowest BCUT2D eigenvalue weighted by Gasteiger charge is -2.11. The lowest BCUT2D eigenvalue weighted by atomic mass is 9.92. The lowest BCUT2D eigenvalue weighted by molar-refractivity contribution is -0.109. The van der Waals surface area contributed by atoms with E-state index in [-0.39, 0.29) is 5.82 Å². The summed E-state index contributed by atoms with van der Waals surface area (Å²) in [5, 5.41) is 0.642. The second kappa shape index (κ2) is 4.46. The Hall–Kier alpha value is -1.67. The number of aldehydes is 1. The van der Waals surface area contributed by atoms with Gasteiger partial charge in [0.2, 0.25) is 0 Å². The van der Waals surface area contributed by atoms with Gasteiger partial charge in [0.1, 0.15) is 12.1 Å². The van der Waals surface area contributed by atoms with E-state index in [0.717, 1.165) is 23.3 Å². The first kappa shape index (κ1) is 12.4. The van der Waals surface area contributed by atoms with E-state index in [1.165, 1.54) is 12.1 Å². The largest absolute Gasteiger partial charge is 0.302 e. The third-order valence-corrected chi connectivity index (χ3v) is 3.96. The molecule has 0 bridgehead atoms. The molecule has 1 aliphatic rings. The number of hydrogen-bond donors (Lipinski definition) is 0. The maximum Gasteiger partial charge on any atom is 0.131 e. The predicted molar refractivity (Wildman–Crippen MR) is 72.6 cm³/mol. The van der Waals surface area contributed by atoms with Gasteiger partial charge in [0.25, 0.3) is 0 Å². The Balaban J connectivity index is 1.99. The summed E-state index contributed by atoms with van der Waals surface area (Å²) in [4.78, 5) is 11.5. The molecule has 2 aromatic carbocycles. The topological polar surface area (TPSA) is 17.1 Å². The molecule has 1 saturated carbocycles. The van der Waals surface area contributed by atoms with Crippen LogP contribution in [-0.2, 0) is 10.2 Å². The molecule has 1 nitrogen and oxygen atoms in total. The quantitative estimate of drug-likeness (QED) is 0.774. The fourth-order valence-corrected chi connectivity index (χ4v) is 2.73. The van der Waals surface area contributed by atoms with E-state index in [2.05, 4.69) is 0 Å². The Morgan fingerprint density at radius 1 is 1.11 bits per heavy atom. The zero-order valence-electron chi connectivity index (χ0n) is 10.1. The summed E-state index contributed by atoms with van der Waals surface area (Å²) in [6.07, 6.45) is 1.57. The van der Waals surface area contributed by atoms with Gasteiger partial charge in [-0.05, 0) is 35.7 Å². The predicted octanol–water partition coefficient (Wildman–Crippen LogP) is 3.94. The van der Waals surface area contributed by atoms with Crippen LogP contribution in [0.15, 0.2) is 48.5 Å². The van der Waals surface area contributed by atoms with Gasteiger partial charge in [-0.15, -0.1) is 0 Å². The molecule has 0 amide bonds.